The van der Waals surface area contributed by atoms with Crippen LogP contribution >= 0.6 is 0 Å². The number of amides is 1. The number of aryl methyl sites for hydroxylation is 2. The molecule has 0 saturated heterocycles. The molecule has 0 spiro atoms. The molecule has 4 nitrogen and oxygen atoms in total. The fourth-order valence-corrected chi connectivity index (χ4v) is 3.24. The minimum Gasteiger partial charge on any atom is -0.508 e. The molecule has 0 aliphatic carbocycles. The minimum atomic E-state index is 0.0199. The van der Waals surface area contributed by atoms with Crippen molar-refractivity contribution in [3.05, 3.63) is 65.2 Å². The first-order chi connectivity index (χ1) is 12.0. The van der Waals surface area contributed by atoms with Crippen LogP contribution in [0.4, 0.5) is 5.69 Å². The van der Waals surface area contributed by atoms with Crippen LogP contribution in [-0.2, 0) is 4.79 Å². The third-order valence-corrected chi connectivity index (χ3v) is 4.40. The van der Waals surface area contributed by atoms with Crippen LogP contribution in [0.1, 0.15) is 23.1 Å². The second-order valence-corrected chi connectivity index (χ2v) is 6.69. The van der Waals surface area contributed by atoms with E-state index in [4.69, 9.17) is 0 Å². The Balaban J connectivity index is 1.56. The summed E-state index contributed by atoms with van der Waals surface area (Å²) in [5.41, 5.74) is 5.56. The molecular weight excluding hydrogens is 312 g/mol. The summed E-state index contributed by atoms with van der Waals surface area (Å²) in [5, 5.41) is 12.4. The Morgan fingerprint density at radius 1 is 1.12 bits per heavy atom. The van der Waals surface area contributed by atoms with Crippen LogP contribution in [0, 0.1) is 13.8 Å². The zero-order valence-corrected chi connectivity index (χ0v) is 14.7. The molecule has 0 atom stereocenters. The van der Waals surface area contributed by atoms with Crippen LogP contribution in [0.3, 0.4) is 0 Å². The molecule has 1 amide bonds. The minimum absolute atomic E-state index is 0.0199. The summed E-state index contributed by atoms with van der Waals surface area (Å²) in [7, 11) is 0. The molecule has 4 heteroatoms. The van der Waals surface area contributed by atoms with E-state index in [1.807, 2.05) is 38.1 Å². The highest BCUT2D eigenvalue weighted by atomic mass is 16.3. The summed E-state index contributed by atoms with van der Waals surface area (Å²) in [6, 6.07) is 13.4. The van der Waals surface area contributed by atoms with Gasteiger partial charge in [0.15, 0.2) is 0 Å². The Hall–Kier alpha value is -2.59. The number of hydrogen-bond donors (Lipinski definition) is 2. The van der Waals surface area contributed by atoms with E-state index in [0.29, 0.717) is 6.54 Å². The van der Waals surface area contributed by atoms with Crippen molar-refractivity contribution in [2.45, 2.75) is 20.3 Å². The van der Waals surface area contributed by atoms with Crippen molar-refractivity contribution < 1.29 is 9.90 Å². The first kappa shape index (κ1) is 17.2. The molecule has 1 aliphatic rings. The lowest BCUT2D eigenvalue weighted by Gasteiger charge is -2.26. The van der Waals surface area contributed by atoms with Gasteiger partial charge in [0, 0.05) is 18.8 Å². The molecule has 25 heavy (non-hydrogen) atoms. The molecule has 0 fully saturated rings. The van der Waals surface area contributed by atoms with Crippen molar-refractivity contribution in [1.82, 2.24) is 4.90 Å². The van der Waals surface area contributed by atoms with Gasteiger partial charge in [-0.3, -0.25) is 9.69 Å². The SMILES string of the molecule is Cc1cc(C)cc(NC(=O)CN2CC=C(c3ccc(O)cc3)CC2)c1. The maximum absolute atomic E-state index is 12.3. The van der Waals surface area contributed by atoms with Crippen LogP contribution in [0.15, 0.2) is 48.5 Å². The average Bonchev–Trinajstić information content (AvgIpc) is 2.55. The molecule has 0 unspecified atom stereocenters. The number of hydrogen-bond acceptors (Lipinski definition) is 3. The zero-order valence-electron chi connectivity index (χ0n) is 14.7. The van der Waals surface area contributed by atoms with Crippen molar-refractivity contribution in [3.63, 3.8) is 0 Å². The fourth-order valence-electron chi connectivity index (χ4n) is 3.24. The first-order valence-corrected chi connectivity index (χ1v) is 8.58. The van der Waals surface area contributed by atoms with E-state index >= 15 is 0 Å². The average molecular weight is 336 g/mol. The Labute approximate surface area is 148 Å². The summed E-state index contributed by atoms with van der Waals surface area (Å²) in [6.45, 7) is 6.07. The largest absolute Gasteiger partial charge is 0.508 e. The molecule has 130 valence electrons. The summed E-state index contributed by atoms with van der Waals surface area (Å²) in [6.07, 6.45) is 3.07. The van der Waals surface area contributed by atoms with Gasteiger partial charge in [0.25, 0.3) is 0 Å². The van der Waals surface area contributed by atoms with E-state index < -0.39 is 0 Å². The van der Waals surface area contributed by atoms with Crippen molar-refractivity contribution in [2.24, 2.45) is 0 Å². The summed E-state index contributed by atoms with van der Waals surface area (Å²) >= 11 is 0. The van der Waals surface area contributed by atoms with Crippen molar-refractivity contribution in [2.75, 3.05) is 25.0 Å². The number of phenols is 1. The monoisotopic (exact) mass is 336 g/mol. The van der Waals surface area contributed by atoms with Crippen LogP contribution in [0.25, 0.3) is 5.57 Å². The van der Waals surface area contributed by atoms with Gasteiger partial charge in [-0.05, 0) is 66.8 Å². The topological polar surface area (TPSA) is 52.6 Å². The van der Waals surface area contributed by atoms with E-state index in [9.17, 15) is 9.90 Å². The predicted molar refractivity (Wildman–Crippen MR) is 102 cm³/mol. The molecular formula is C21H24N2O2. The Kier molecular flexibility index (Phi) is 5.19. The predicted octanol–water partition coefficient (Wildman–Crippen LogP) is 3.74. The Morgan fingerprint density at radius 3 is 2.40 bits per heavy atom. The van der Waals surface area contributed by atoms with Gasteiger partial charge in [0.2, 0.25) is 5.91 Å². The summed E-state index contributed by atoms with van der Waals surface area (Å²) in [4.78, 5) is 14.4. The van der Waals surface area contributed by atoms with Crippen LogP contribution in [0.5, 0.6) is 5.75 Å². The van der Waals surface area contributed by atoms with Crippen LogP contribution in [-0.4, -0.2) is 35.5 Å². The Bertz CT molecular complexity index is 774. The smallest absolute Gasteiger partial charge is 0.238 e. The van der Waals surface area contributed by atoms with Crippen molar-refractivity contribution in [1.29, 1.82) is 0 Å². The number of carbonyl (C=O) groups is 1. The van der Waals surface area contributed by atoms with Crippen molar-refractivity contribution in [3.8, 4) is 5.75 Å². The molecule has 2 N–H and O–H groups in total. The van der Waals surface area contributed by atoms with Gasteiger partial charge < -0.3 is 10.4 Å². The molecule has 1 aliphatic heterocycles. The molecule has 0 radical (unpaired) electrons. The van der Waals surface area contributed by atoms with Gasteiger partial charge in [0.1, 0.15) is 5.75 Å². The highest BCUT2D eigenvalue weighted by molar-refractivity contribution is 5.92. The van der Waals surface area contributed by atoms with Gasteiger partial charge in [-0.1, -0.05) is 24.3 Å². The summed E-state index contributed by atoms with van der Waals surface area (Å²) in [5.74, 6) is 0.302. The van der Waals surface area contributed by atoms with E-state index in [1.54, 1.807) is 12.1 Å². The number of nitrogens with one attached hydrogen (secondary N) is 1. The molecule has 0 aromatic heterocycles. The quantitative estimate of drug-likeness (QED) is 0.894. The Morgan fingerprint density at radius 2 is 1.80 bits per heavy atom. The third-order valence-electron chi connectivity index (χ3n) is 4.40. The number of benzene rings is 2. The highest BCUT2D eigenvalue weighted by Gasteiger charge is 2.16. The lowest BCUT2D eigenvalue weighted by Crippen LogP contribution is -2.36. The van der Waals surface area contributed by atoms with E-state index in [0.717, 1.165) is 41.9 Å². The number of nitrogens with zero attached hydrogens (tertiary/aromatic N) is 1. The second kappa shape index (κ2) is 7.53. The number of rotatable bonds is 4. The molecule has 0 bridgehead atoms. The number of phenolic OH excluding ortho intramolecular Hbond substituents is 1. The van der Waals surface area contributed by atoms with E-state index in [1.165, 1.54) is 5.57 Å². The van der Waals surface area contributed by atoms with Gasteiger partial charge >= 0.3 is 0 Å². The third kappa shape index (κ3) is 4.70. The normalized spacial score (nSPS) is 14.9. The van der Waals surface area contributed by atoms with E-state index in [-0.39, 0.29) is 11.7 Å². The molecule has 0 saturated carbocycles. The maximum Gasteiger partial charge on any atom is 0.238 e. The standard InChI is InChI=1S/C21H24N2O2/c1-15-11-16(2)13-19(12-15)22-21(25)14-23-9-7-18(8-10-23)17-3-5-20(24)6-4-17/h3-7,11-13,24H,8-10,14H2,1-2H3,(H,22,25). The van der Waals surface area contributed by atoms with Gasteiger partial charge in [-0.25, -0.2) is 0 Å². The fraction of sp³-hybridized carbons (Fsp3) is 0.286. The molecule has 3 rings (SSSR count). The highest BCUT2D eigenvalue weighted by Crippen LogP contribution is 2.24. The maximum atomic E-state index is 12.3. The summed E-state index contributed by atoms with van der Waals surface area (Å²) < 4.78 is 0. The number of aromatic hydroxyl groups is 1. The van der Waals surface area contributed by atoms with Crippen molar-refractivity contribution >= 4 is 17.2 Å². The van der Waals surface area contributed by atoms with Crippen LogP contribution < -0.4 is 5.32 Å². The number of anilines is 1. The zero-order chi connectivity index (χ0) is 17.8. The van der Waals surface area contributed by atoms with Gasteiger partial charge in [0.05, 0.1) is 6.54 Å². The van der Waals surface area contributed by atoms with E-state index in [2.05, 4.69) is 22.4 Å². The molecule has 2 aromatic carbocycles. The first-order valence-electron chi connectivity index (χ1n) is 8.58. The lowest BCUT2D eigenvalue weighted by atomic mass is 9.99. The second-order valence-electron chi connectivity index (χ2n) is 6.69. The molecule has 2 aromatic rings. The van der Waals surface area contributed by atoms with Crippen LogP contribution in [0.2, 0.25) is 0 Å². The molecule has 1 heterocycles. The van der Waals surface area contributed by atoms with Gasteiger partial charge in [-0.15, -0.1) is 0 Å². The van der Waals surface area contributed by atoms with Gasteiger partial charge in [-0.2, -0.15) is 0 Å². The number of carbonyl (C=O) groups excluding carboxylic acids is 1. The lowest BCUT2D eigenvalue weighted by molar-refractivity contribution is -0.117.